The molecule has 3 rings (SSSR count). The van der Waals surface area contributed by atoms with E-state index in [1.807, 2.05) is 12.1 Å². The smallest absolute Gasteiger partial charge is 0.255 e. The van der Waals surface area contributed by atoms with E-state index < -0.39 is 0 Å². The summed E-state index contributed by atoms with van der Waals surface area (Å²) in [5.74, 6) is 0.660. The Hall–Kier alpha value is -2.82. The number of hydrogen-bond acceptors (Lipinski definition) is 3. The summed E-state index contributed by atoms with van der Waals surface area (Å²) < 4.78 is 5.44. The number of nitrogens with one attached hydrogen (secondary N) is 1. The van der Waals surface area contributed by atoms with Crippen molar-refractivity contribution in [3.8, 4) is 5.75 Å². The number of benzene rings is 2. The van der Waals surface area contributed by atoms with Gasteiger partial charge in [0.05, 0.1) is 6.61 Å². The SMILES string of the molecule is CC(=O)N(C)c1ccc(NC(=O)c2ccc3c(c2)CCO3)cc1. The number of carbonyl (C=O) groups is 2. The summed E-state index contributed by atoms with van der Waals surface area (Å²) in [5.41, 5.74) is 3.15. The Labute approximate surface area is 134 Å². The van der Waals surface area contributed by atoms with Crippen LogP contribution in [0.1, 0.15) is 22.8 Å². The van der Waals surface area contributed by atoms with Crippen molar-refractivity contribution < 1.29 is 14.3 Å². The van der Waals surface area contributed by atoms with Gasteiger partial charge in [-0.25, -0.2) is 0 Å². The topological polar surface area (TPSA) is 58.6 Å². The van der Waals surface area contributed by atoms with Crippen molar-refractivity contribution in [1.29, 1.82) is 0 Å². The molecule has 23 heavy (non-hydrogen) atoms. The Kier molecular flexibility index (Phi) is 4.02. The Morgan fingerprint density at radius 2 is 1.87 bits per heavy atom. The van der Waals surface area contributed by atoms with Crippen molar-refractivity contribution in [1.82, 2.24) is 0 Å². The molecule has 1 aliphatic heterocycles. The quantitative estimate of drug-likeness (QED) is 0.948. The average molecular weight is 310 g/mol. The molecule has 0 atom stereocenters. The van der Waals surface area contributed by atoms with Gasteiger partial charge >= 0.3 is 0 Å². The van der Waals surface area contributed by atoms with Gasteiger partial charge in [0.25, 0.3) is 5.91 Å². The van der Waals surface area contributed by atoms with Gasteiger partial charge in [-0.3, -0.25) is 9.59 Å². The highest BCUT2D eigenvalue weighted by Gasteiger charge is 2.15. The molecule has 2 amide bonds. The number of ether oxygens (including phenoxy) is 1. The molecule has 1 heterocycles. The van der Waals surface area contributed by atoms with Crippen LogP contribution in [0.5, 0.6) is 5.75 Å². The molecule has 0 saturated carbocycles. The molecule has 5 nitrogen and oxygen atoms in total. The van der Waals surface area contributed by atoms with E-state index in [2.05, 4.69) is 5.32 Å². The van der Waals surface area contributed by atoms with E-state index >= 15 is 0 Å². The number of rotatable bonds is 3. The normalized spacial score (nSPS) is 12.3. The number of amides is 2. The molecule has 5 heteroatoms. The lowest BCUT2D eigenvalue weighted by molar-refractivity contribution is -0.116. The van der Waals surface area contributed by atoms with Gasteiger partial charge < -0.3 is 15.0 Å². The van der Waals surface area contributed by atoms with E-state index in [-0.39, 0.29) is 11.8 Å². The summed E-state index contributed by atoms with van der Waals surface area (Å²) >= 11 is 0. The first-order valence-corrected chi connectivity index (χ1v) is 7.46. The van der Waals surface area contributed by atoms with Crippen LogP contribution in [0.25, 0.3) is 0 Å². The fraction of sp³-hybridized carbons (Fsp3) is 0.222. The van der Waals surface area contributed by atoms with E-state index in [9.17, 15) is 9.59 Å². The van der Waals surface area contributed by atoms with Gasteiger partial charge in [-0.2, -0.15) is 0 Å². The summed E-state index contributed by atoms with van der Waals surface area (Å²) in [7, 11) is 1.71. The summed E-state index contributed by atoms with van der Waals surface area (Å²) in [5, 5.41) is 2.86. The number of nitrogens with zero attached hydrogens (tertiary/aromatic N) is 1. The molecule has 118 valence electrons. The van der Waals surface area contributed by atoms with Crippen LogP contribution < -0.4 is 15.0 Å². The van der Waals surface area contributed by atoms with Crippen LogP contribution >= 0.6 is 0 Å². The van der Waals surface area contributed by atoms with Gasteiger partial charge in [-0.05, 0) is 48.0 Å². The largest absolute Gasteiger partial charge is 0.493 e. The fourth-order valence-corrected chi connectivity index (χ4v) is 2.48. The Morgan fingerprint density at radius 3 is 2.57 bits per heavy atom. The third kappa shape index (κ3) is 3.18. The van der Waals surface area contributed by atoms with E-state index in [1.165, 1.54) is 6.92 Å². The lowest BCUT2D eigenvalue weighted by Crippen LogP contribution is -2.22. The summed E-state index contributed by atoms with van der Waals surface area (Å²) in [6.45, 7) is 2.18. The van der Waals surface area contributed by atoms with Crippen LogP contribution in [0.3, 0.4) is 0 Å². The first-order valence-electron chi connectivity index (χ1n) is 7.46. The Bertz CT molecular complexity index is 753. The predicted octanol–water partition coefficient (Wildman–Crippen LogP) is 2.86. The zero-order valence-electron chi connectivity index (χ0n) is 13.1. The average Bonchev–Trinajstić information content (AvgIpc) is 3.02. The van der Waals surface area contributed by atoms with Crippen molar-refractivity contribution in [2.24, 2.45) is 0 Å². The van der Waals surface area contributed by atoms with Gasteiger partial charge in [-0.15, -0.1) is 0 Å². The van der Waals surface area contributed by atoms with Gasteiger partial charge in [0.15, 0.2) is 0 Å². The number of anilines is 2. The van der Waals surface area contributed by atoms with E-state index in [0.717, 1.165) is 23.4 Å². The standard InChI is InChI=1S/C18H18N2O3/c1-12(21)20(2)16-6-4-15(5-7-16)19-18(22)14-3-8-17-13(11-14)9-10-23-17/h3-8,11H,9-10H2,1-2H3,(H,19,22). The zero-order valence-corrected chi connectivity index (χ0v) is 13.1. The fourth-order valence-electron chi connectivity index (χ4n) is 2.48. The maximum atomic E-state index is 12.3. The molecular weight excluding hydrogens is 292 g/mol. The van der Waals surface area contributed by atoms with Crippen molar-refractivity contribution in [2.75, 3.05) is 23.9 Å². The van der Waals surface area contributed by atoms with E-state index in [0.29, 0.717) is 17.9 Å². The summed E-state index contributed by atoms with van der Waals surface area (Å²) in [6.07, 6.45) is 0.836. The van der Waals surface area contributed by atoms with Gasteiger partial charge in [0.1, 0.15) is 5.75 Å². The third-order valence-corrected chi connectivity index (χ3v) is 3.94. The number of carbonyl (C=O) groups excluding carboxylic acids is 2. The van der Waals surface area contributed by atoms with Crippen LogP contribution in [0.4, 0.5) is 11.4 Å². The molecular formula is C18H18N2O3. The van der Waals surface area contributed by atoms with Crippen LogP contribution in [0.2, 0.25) is 0 Å². The second-order valence-corrected chi connectivity index (χ2v) is 5.50. The maximum Gasteiger partial charge on any atom is 0.255 e. The molecule has 0 saturated heterocycles. The molecule has 0 fully saturated rings. The van der Waals surface area contributed by atoms with Gasteiger partial charge in [0.2, 0.25) is 5.91 Å². The van der Waals surface area contributed by atoms with Crippen molar-refractivity contribution >= 4 is 23.2 Å². The molecule has 2 aromatic carbocycles. The Balaban J connectivity index is 1.71. The minimum absolute atomic E-state index is 0.0397. The minimum atomic E-state index is -0.160. The molecule has 0 aromatic heterocycles. The van der Waals surface area contributed by atoms with Gasteiger partial charge in [0, 0.05) is 37.3 Å². The number of hydrogen-bond donors (Lipinski definition) is 1. The van der Waals surface area contributed by atoms with Crippen LogP contribution in [-0.2, 0) is 11.2 Å². The molecule has 0 aliphatic carbocycles. The monoisotopic (exact) mass is 310 g/mol. The zero-order chi connectivity index (χ0) is 16.4. The second-order valence-electron chi connectivity index (χ2n) is 5.50. The molecule has 2 aromatic rings. The molecule has 1 aliphatic rings. The van der Waals surface area contributed by atoms with Crippen molar-refractivity contribution in [3.63, 3.8) is 0 Å². The highest BCUT2D eigenvalue weighted by Crippen LogP contribution is 2.26. The summed E-state index contributed by atoms with van der Waals surface area (Å²) in [6, 6.07) is 12.6. The van der Waals surface area contributed by atoms with Crippen LogP contribution in [0.15, 0.2) is 42.5 Å². The van der Waals surface area contributed by atoms with Crippen molar-refractivity contribution in [2.45, 2.75) is 13.3 Å². The first-order chi connectivity index (χ1) is 11.0. The second kappa shape index (κ2) is 6.12. The molecule has 1 N–H and O–H groups in total. The van der Waals surface area contributed by atoms with Crippen LogP contribution in [0, 0.1) is 0 Å². The van der Waals surface area contributed by atoms with Crippen LogP contribution in [-0.4, -0.2) is 25.5 Å². The highest BCUT2D eigenvalue weighted by atomic mass is 16.5. The molecule has 0 spiro atoms. The molecule has 0 radical (unpaired) electrons. The third-order valence-electron chi connectivity index (χ3n) is 3.94. The lowest BCUT2D eigenvalue weighted by Gasteiger charge is -2.15. The highest BCUT2D eigenvalue weighted by molar-refractivity contribution is 6.04. The van der Waals surface area contributed by atoms with Crippen molar-refractivity contribution in [3.05, 3.63) is 53.6 Å². The minimum Gasteiger partial charge on any atom is -0.493 e. The number of fused-ring (bicyclic) bond motifs is 1. The molecule has 0 bridgehead atoms. The maximum absolute atomic E-state index is 12.3. The molecule has 0 unspecified atom stereocenters. The lowest BCUT2D eigenvalue weighted by atomic mass is 10.1. The predicted molar refractivity (Wildman–Crippen MR) is 89.1 cm³/mol. The van der Waals surface area contributed by atoms with Gasteiger partial charge in [-0.1, -0.05) is 0 Å². The van der Waals surface area contributed by atoms with E-state index in [4.69, 9.17) is 4.74 Å². The summed E-state index contributed by atoms with van der Waals surface area (Å²) in [4.78, 5) is 25.2. The first kappa shape index (κ1) is 15.1. The Morgan fingerprint density at radius 1 is 1.13 bits per heavy atom. The van der Waals surface area contributed by atoms with E-state index in [1.54, 1.807) is 42.3 Å².